The number of hydrogen-bond acceptors (Lipinski definition) is 4. The second-order valence-corrected chi connectivity index (χ2v) is 5.37. The monoisotopic (exact) mass is 298 g/mol. The van der Waals surface area contributed by atoms with Gasteiger partial charge in [-0.05, 0) is 30.4 Å². The summed E-state index contributed by atoms with van der Waals surface area (Å²) in [6, 6.07) is 5.24. The lowest BCUT2D eigenvalue weighted by Crippen LogP contribution is -2.35. The molecule has 1 heterocycles. The molecule has 0 N–H and O–H groups in total. The van der Waals surface area contributed by atoms with Crippen molar-refractivity contribution in [3.05, 3.63) is 33.9 Å². The van der Waals surface area contributed by atoms with Crippen LogP contribution in [0.4, 0.5) is 11.4 Å². The largest absolute Gasteiger partial charge is 0.384 e. The van der Waals surface area contributed by atoms with E-state index in [9.17, 15) is 10.1 Å². The predicted octanol–water partition coefficient (Wildman–Crippen LogP) is 3.20. The highest BCUT2D eigenvalue weighted by Gasteiger charge is 2.24. The van der Waals surface area contributed by atoms with Gasteiger partial charge in [-0.25, -0.2) is 0 Å². The molecule has 0 bridgehead atoms. The van der Waals surface area contributed by atoms with Crippen LogP contribution >= 0.6 is 11.6 Å². The van der Waals surface area contributed by atoms with Crippen LogP contribution in [-0.4, -0.2) is 31.7 Å². The van der Waals surface area contributed by atoms with Crippen molar-refractivity contribution in [2.24, 2.45) is 5.92 Å². The summed E-state index contributed by atoms with van der Waals surface area (Å²) in [6.07, 6.45) is 2.00. The molecular weight excluding hydrogens is 280 g/mol. The Labute approximate surface area is 123 Å². The fourth-order valence-electron chi connectivity index (χ4n) is 2.64. The standard InChI is InChI=1S/C14H19ClN2O3/c1-20-10-11-4-6-16(7-5-11)13-3-2-12(9-15)8-14(13)17(18)19/h2-3,8,11H,4-7,9-10H2,1H3. The number of hydrogen-bond donors (Lipinski definition) is 0. The summed E-state index contributed by atoms with van der Waals surface area (Å²) >= 11 is 5.75. The summed E-state index contributed by atoms with van der Waals surface area (Å²) < 4.78 is 5.17. The molecule has 0 atom stereocenters. The zero-order valence-corrected chi connectivity index (χ0v) is 12.3. The van der Waals surface area contributed by atoms with Gasteiger partial charge in [0.05, 0.1) is 4.92 Å². The first-order chi connectivity index (χ1) is 9.65. The van der Waals surface area contributed by atoms with Crippen LogP contribution in [0.25, 0.3) is 0 Å². The third-order valence-electron chi connectivity index (χ3n) is 3.75. The second-order valence-electron chi connectivity index (χ2n) is 5.10. The van der Waals surface area contributed by atoms with Gasteiger partial charge < -0.3 is 9.64 Å². The number of nitrogens with zero attached hydrogens (tertiary/aromatic N) is 2. The Bertz CT molecular complexity index is 473. The summed E-state index contributed by atoms with van der Waals surface area (Å²) in [4.78, 5) is 13.0. The maximum Gasteiger partial charge on any atom is 0.292 e. The number of alkyl halides is 1. The van der Waals surface area contributed by atoms with Gasteiger partial charge in [-0.15, -0.1) is 11.6 Å². The van der Waals surface area contributed by atoms with Crippen molar-refractivity contribution in [1.82, 2.24) is 0 Å². The number of piperidine rings is 1. The normalized spacial score (nSPS) is 16.4. The Kier molecular flexibility index (Phi) is 5.20. The van der Waals surface area contributed by atoms with E-state index < -0.39 is 0 Å². The van der Waals surface area contributed by atoms with Crippen LogP contribution in [0, 0.1) is 16.0 Å². The maximum atomic E-state index is 11.2. The van der Waals surface area contributed by atoms with E-state index in [2.05, 4.69) is 4.90 Å². The van der Waals surface area contributed by atoms with Crippen LogP contribution in [-0.2, 0) is 10.6 Å². The van der Waals surface area contributed by atoms with Crippen LogP contribution in [0.15, 0.2) is 18.2 Å². The lowest BCUT2D eigenvalue weighted by Gasteiger charge is -2.33. The first kappa shape index (κ1) is 15.1. The minimum Gasteiger partial charge on any atom is -0.384 e. The minimum absolute atomic E-state index is 0.147. The van der Waals surface area contributed by atoms with Crippen molar-refractivity contribution >= 4 is 23.0 Å². The van der Waals surface area contributed by atoms with Crippen LogP contribution in [0.1, 0.15) is 18.4 Å². The van der Waals surface area contributed by atoms with Gasteiger partial charge >= 0.3 is 0 Å². The van der Waals surface area contributed by atoms with Gasteiger partial charge in [0.15, 0.2) is 0 Å². The number of benzene rings is 1. The predicted molar refractivity (Wildman–Crippen MR) is 79.5 cm³/mol. The number of halogens is 1. The molecule has 0 unspecified atom stereocenters. The van der Waals surface area contributed by atoms with E-state index in [1.54, 1.807) is 13.2 Å². The Morgan fingerprint density at radius 3 is 2.70 bits per heavy atom. The van der Waals surface area contributed by atoms with E-state index in [-0.39, 0.29) is 16.5 Å². The SMILES string of the molecule is COCC1CCN(c2ccc(CCl)cc2[N+](=O)[O-])CC1. The van der Waals surface area contributed by atoms with Crippen molar-refractivity contribution < 1.29 is 9.66 Å². The number of rotatable bonds is 5. The summed E-state index contributed by atoms with van der Waals surface area (Å²) in [5, 5.41) is 11.2. The zero-order chi connectivity index (χ0) is 14.5. The molecule has 20 heavy (non-hydrogen) atoms. The highest BCUT2D eigenvalue weighted by molar-refractivity contribution is 6.17. The fraction of sp³-hybridized carbons (Fsp3) is 0.571. The second kappa shape index (κ2) is 6.90. The lowest BCUT2D eigenvalue weighted by atomic mass is 9.97. The molecule has 1 fully saturated rings. The molecule has 1 aliphatic heterocycles. The molecule has 1 aromatic carbocycles. The van der Waals surface area contributed by atoms with E-state index in [4.69, 9.17) is 16.3 Å². The van der Waals surface area contributed by atoms with Gasteiger partial charge in [-0.1, -0.05) is 6.07 Å². The molecule has 6 heteroatoms. The van der Waals surface area contributed by atoms with Crippen molar-refractivity contribution in [1.29, 1.82) is 0 Å². The van der Waals surface area contributed by atoms with E-state index >= 15 is 0 Å². The molecule has 1 aromatic rings. The lowest BCUT2D eigenvalue weighted by molar-refractivity contribution is -0.384. The fourth-order valence-corrected chi connectivity index (χ4v) is 2.81. The average molecular weight is 299 g/mol. The highest BCUT2D eigenvalue weighted by Crippen LogP contribution is 2.32. The van der Waals surface area contributed by atoms with E-state index in [1.165, 1.54) is 0 Å². The summed E-state index contributed by atoms with van der Waals surface area (Å²) in [5.74, 6) is 0.842. The van der Waals surface area contributed by atoms with Gasteiger partial charge in [-0.2, -0.15) is 0 Å². The molecule has 0 radical (unpaired) electrons. The summed E-state index contributed by atoms with van der Waals surface area (Å²) in [5.41, 5.74) is 1.62. The number of nitro groups is 1. The van der Waals surface area contributed by atoms with E-state index in [0.717, 1.165) is 38.1 Å². The molecule has 1 saturated heterocycles. The molecule has 1 aliphatic rings. The van der Waals surface area contributed by atoms with Crippen LogP contribution < -0.4 is 4.90 Å². The van der Waals surface area contributed by atoms with Gasteiger partial charge in [0, 0.05) is 38.8 Å². The van der Waals surface area contributed by atoms with E-state index in [1.807, 2.05) is 12.1 Å². The number of nitro benzene ring substituents is 1. The van der Waals surface area contributed by atoms with E-state index in [0.29, 0.717) is 11.6 Å². The first-order valence-corrected chi connectivity index (χ1v) is 7.26. The van der Waals surface area contributed by atoms with Crippen molar-refractivity contribution in [3.63, 3.8) is 0 Å². The van der Waals surface area contributed by atoms with Gasteiger partial charge in [0.1, 0.15) is 5.69 Å². The molecule has 0 aromatic heterocycles. The van der Waals surface area contributed by atoms with Crippen LogP contribution in [0.2, 0.25) is 0 Å². The van der Waals surface area contributed by atoms with Crippen LogP contribution in [0.5, 0.6) is 0 Å². The summed E-state index contributed by atoms with van der Waals surface area (Å²) in [7, 11) is 1.71. The van der Waals surface area contributed by atoms with Gasteiger partial charge in [-0.3, -0.25) is 10.1 Å². The third kappa shape index (κ3) is 3.41. The maximum absolute atomic E-state index is 11.2. The molecule has 2 rings (SSSR count). The number of ether oxygens (including phenoxy) is 1. The highest BCUT2D eigenvalue weighted by atomic mass is 35.5. The average Bonchev–Trinajstić information content (AvgIpc) is 2.48. The smallest absolute Gasteiger partial charge is 0.292 e. The quantitative estimate of drug-likeness (QED) is 0.476. The third-order valence-corrected chi connectivity index (χ3v) is 4.06. The molecule has 5 nitrogen and oxygen atoms in total. The van der Waals surface area contributed by atoms with Gasteiger partial charge in [0.25, 0.3) is 5.69 Å². The Hall–Kier alpha value is -1.33. The molecule has 0 saturated carbocycles. The Balaban J connectivity index is 2.15. The molecular formula is C14H19ClN2O3. The molecule has 110 valence electrons. The Morgan fingerprint density at radius 1 is 1.45 bits per heavy atom. The minimum atomic E-state index is -0.327. The van der Waals surface area contributed by atoms with Crippen molar-refractivity contribution in [2.75, 3.05) is 31.7 Å². The van der Waals surface area contributed by atoms with Crippen molar-refractivity contribution in [2.45, 2.75) is 18.7 Å². The molecule has 0 amide bonds. The Morgan fingerprint density at radius 2 is 2.15 bits per heavy atom. The van der Waals surface area contributed by atoms with Gasteiger partial charge in [0.2, 0.25) is 0 Å². The van der Waals surface area contributed by atoms with Crippen LogP contribution in [0.3, 0.4) is 0 Å². The molecule has 0 aliphatic carbocycles. The topological polar surface area (TPSA) is 55.6 Å². The zero-order valence-electron chi connectivity index (χ0n) is 11.5. The van der Waals surface area contributed by atoms with Crippen molar-refractivity contribution in [3.8, 4) is 0 Å². The molecule has 0 spiro atoms. The number of methoxy groups -OCH3 is 1. The first-order valence-electron chi connectivity index (χ1n) is 6.73. The number of anilines is 1. The summed E-state index contributed by atoms with van der Waals surface area (Å²) in [6.45, 7) is 2.42.